The van der Waals surface area contributed by atoms with Gasteiger partial charge in [-0.3, -0.25) is 4.98 Å². The van der Waals surface area contributed by atoms with Gasteiger partial charge < -0.3 is 3.11 Å². The molecule has 2 heterocycles. The molecule has 0 atom stereocenters. The number of aromatic nitrogens is 1. The van der Waals surface area contributed by atoms with Crippen LogP contribution in [-0.2, 0) is 5.41 Å². The molecule has 0 N–H and O–H groups in total. The van der Waals surface area contributed by atoms with Crippen molar-refractivity contribution in [1.82, 2.24) is 4.98 Å². The SMILES string of the molecule is CC1(C)CN(I)c2cccnc21. The van der Waals surface area contributed by atoms with Gasteiger partial charge >= 0.3 is 0 Å². The average Bonchev–Trinajstić information content (AvgIpc) is 2.25. The summed E-state index contributed by atoms with van der Waals surface area (Å²) in [6.07, 6.45) is 1.87. The summed E-state index contributed by atoms with van der Waals surface area (Å²) < 4.78 is 2.24. The Balaban J connectivity index is 2.58. The van der Waals surface area contributed by atoms with Crippen molar-refractivity contribution in [2.45, 2.75) is 19.3 Å². The number of anilines is 1. The summed E-state index contributed by atoms with van der Waals surface area (Å²) in [5.41, 5.74) is 2.69. The van der Waals surface area contributed by atoms with Gasteiger partial charge in [0, 0.05) is 18.2 Å². The van der Waals surface area contributed by atoms with Gasteiger partial charge in [0.05, 0.1) is 34.2 Å². The zero-order valence-electron chi connectivity index (χ0n) is 7.21. The molecule has 0 fully saturated rings. The highest BCUT2D eigenvalue weighted by atomic mass is 127. The molecule has 0 radical (unpaired) electrons. The maximum atomic E-state index is 4.42. The van der Waals surface area contributed by atoms with E-state index in [-0.39, 0.29) is 5.41 Å². The third-order valence-electron chi connectivity index (χ3n) is 2.22. The molecule has 0 unspecified atom stereocenters. The number of nitrogens with zero attached hydrogens (tertiary/aromatic N) is 2. The van der Waals surface area contributed by atoms with E-state index in [4.69, 9.17) is 0 Å². The van der Waals surface area contributed by atoms with Crippen molar-refractivity contribution in [1.29, 1.82) is 0 Å². The second-order valence-corrected chi connectivity index (χ2v) is 4.94. The predicted molar refractivity (Wildman–Crippen MR) is 58.6 cm³/mol. The molecule has 1 aromatic heterocycles. The van der Waals surface area contributed by atoms with E-state index >= 15 is 0 Å². The van der Waals surface area contributed by atoms with Gasteiger partial charge in [0.15, 0.2) is 0 Å². The number of hydrogen-bond acceptors (Lipinski definition) is 2. The van der Waals surface area contributed by atoms with Gasteiger partial charge in [-0.1, -0.05) is 13.8 Å². The average molecular weight is 274 g/mol. The van der Waals surface area contributed by atoms with Crippen LogP contribution >= 0.6 is 22.9 Å². The number of pyridine rings is 1. The number of halogens is 1. The summed E-state index contributed by atoms with van der Waals surface area (Å²) in [6, 6.07) is 4.12. The lowest BCUT2D eigenvalue weighted by molar-refractivity contribution is 0.562. The maximum Gasteiger partial charge on any atom is 0.0717 e. The standard InChI is InChI=1S/C9H11IN2/c1-9(2)6-12(10)7-4-3-5-11-8(7)9/h3-5H,6H2,1-2H3. The fraction of sp³-hybridized carbons (Fsp3) is 0.444. The molecule has 0 saturated carbocycles. The van der Waals surface area contributed by atoms with Crippen molar-refractivity contribution in [2.75, 3.05) is 9.66 Å². The predicted octanol–water partition coefficient (Wildman–Crippen LogP) is 2.53. The molecule has 2 rings (SSSR count). The second-order valence-electron chi connectivity index (χ2n) is 3.78. The summed E-state index contributed by atoms with van der Waals surface area (Å²) in [6.45, 7) is 5.52. The van der Waals surface area contributed by atoms with Crippen LogP contribution in [0.1, 0.15) is 19.5 Å². The van der Waals surface area contributed by atoms with Gasteiger partial charge in [0.1, 0.15) is 0 Å². The lowest BCUT2D eigenvalue weighted by atomic mass is 9.91. The van der Waals surface area contributed by atoms with Gasteiger partial charge in [-0.05, 0) is 12.1 Å². The zero-order chi connectivity index (χ0) is 8.77. The summed E-state index contributed by atoms with van der Waals surface area (Å²) in [4.78, 5) is 4.42. The van der Waals surface area contributed by atoms with Gasteiger partial charge in [-0.25, -0.2) is 0 Å². The largest absolute Gasteiger partial charge is 0.312 e. The minimum Gasteiger partial charge on any atom is -0.312 e. The fourth-order valence-electron chi connectivity index (χ4n) is 1.62. The first kappa shape index (κ1) is 8.29. The zero-order valence-corrected chi connectivity index (χ0v) is 9.37. The third-order valence-corrected chi connectivity index (χ3v) is 3.08. The van der Waals surface area contributed by atoms with Crippen LogP contribution in [-0.4, -0.2) is 11.5 Å². The lowest BCUT2D eigenvalue weighted by Crippen LogP contribution is -2.22. The molecule has 2 nitrogen and oxygen atoms in total. The molecule has 1 aliphatic heterocycles. The Bertz CT molecular complexity index is 309. The van der Waals surface area contributed by atoms with Crippen molar-refractivity contribution < 1.29 is 0 Å². The minimum atomic E-state index is 0.206. The molecule has 12 heavy (non-hydrogen) atoms. The van der Waals surface area contributed by atoms with Crippen LogP contribution in [0.4, 0.5) is 5.69 Å². The van der Waals surface area contributed by atoms with E-state index in [0.717, 1.165) is 6.54 Å². The van der Waals surface area contributed by atoms with Crippen molar-refractivity contribution in [3.8, 4) is 0 Å². The molecule has 0 saturated heterocycles. The van der Waals surface area contributed by atoms with Crippen molar-refractivity contribution >= 4 is 28.6 Å². The summed E-state index contributed by atoms with van der Waals surface area (Å²) in [5.74, 6) is 0. The number of rotatable bonds is 0. The summed E-state index contributed by atoms with van der Waals surface area (Å²) in [5, 5.41) is 0. The number of hydrogen-bond donors (Lipinski definition) is 0. The maximum absolute atomic E-state index is 4.42. The van der Waals surface area contributed by atoms with E-state index in [9.17, 15) is 0 Å². The molecule has 0 aliphatic carbocycles. The Morgan fingerprint density at radius 2 is 2.33 bits per heavy atom. The van der Waals surface area contributed by atoms with Crippen molar-refractivity contribution in [2.24, 2.45) is 0 Å². The minimum absolute atomic E-state index is 0.206. The van der Waals surface area contributed by atoms with Gasteiger partial charge in [0.25, 0.3) is 0 Å². The van der Waals surface area contributed by atoms with Crippen molar-refractivity contribution in [3.05, 3.63) is 24.0 Å². The van der Waals surface area contributed by atoms with Crippen LogP contribution in [0.2, 0.25) is 0 Å². The van der Waals surface area contributed by atoms with Crippen LogP contribution in [0.15, 0.2) is 18.3 Å². The quantitative estimate of drug-likeness (QED) is 0.534. The van der Waals surface area contributed by atoms with Gasteiger partial charge in [-0.15, -0.1) is 0 Å². The highest BCUT2D eigenvalue weighted by Gasteiger charge is 2.35. The Kier molecular flexibility index (Phi) is 1.78. The van der Waals surface area contributed by atoms with E-state index in [0.29, 0.717) is 0 Å². The van der Waals surface area contributed by atoms with Crippen LogP contribution in [0, 0.1) is 0 Å². The van der Waals surface area contributed by atoms with Crippen LogP contribution in [0.25, 0.3) is 0 Å². The summed E-state index contributed by atoms with van der Waals surface area (Å²) >= 11 is 2.34. The molecular weight excluding hydrogens is 263 g/mol. The van der Waals surface area contributed by atoms with E-state index in [1.165, 1.54) is 11.4 Å². The normalized spacial score (nSPS) is 19.4. The molecule has 1 aliphatic rings. The van der Waals surface area contributed by atoms with Gasteiger partial charge in [0.2, 0.25) is 0 Å². The Labute approximate surface area is 86.5 Å². The Morgan fingerprint density at radius 1 is 1.58 bits per heavy atom. The topological polar surface area (TPSA) is 16.1 Å². The molecule has 0 amide bonds. The molecule has 1 aromatic rings. The number of fused-ring (bicyclic) bond motifs is 1. The smallest absolute Gasteiger partial charge is 0.0717 e. The lowest BCUT2D eigenvalue weighted by Gasteiger charge is -2.16. The Morgan fingerprint density at radius 3 is 3.00 bits per heavy atom. The van der Waals surface area contributed by atoms with Crippen molar-refractivity contribution in [3.63, 3.8) is 0 Å². The molecule has 0 spiro atoms. The van der Waals surface area contributed by atoms with Crippen LogP contribution in [0.3, 0.4) is 0 Å². The van der Waals surface area contributed by atoms with Gasteiger partial charge in [-0.2, -0.15) is 0 Å². The van der Waals surface area contributed by atoms with Crippen LogP contribution < -0.4 is 3.11 Å². The molecule has 0 aromatic carbocycles. The summed E-state index contributed by atoms with van der Waals surface area (Å²) in [7, 11) is 0. The monoisotopic (exact) mass is 274 g/mol. The highest BCUT2D eigenvalue weighted by molar-refractivity contribution is 14.1. The molecule has 3 heteroatoms. The highest BCUT2D eigenvalue weighted by Crippen LogP contribution is 2.40. The first-order chi connectivity index (χ1) is 5.61. The van der Waals surface area contributed by atoms with E-state index in [1.54, 1.807) is 0 Å². The third kappa shape index (κ3) is 1.11. The first-order valence-corrected chi connectivity index (χ1v) is 4.96. The van der Waals surface area contributed by atoms with Crippen LogP contribution in [0.5, 0.6) is 0 Å². The van der Waals surface area contributed by atoms with E-state index in [1.807, 2.05) is 12.3 Å². The van der Waals surface area contributed by atoms with E-state index < -0.39 is 0 Å². The fourth-order valence-corrected chi connectivity index (χ4v) is 2.86. The van der Waals surface area contributed by atoms with E-state index in [2.05, 4.69) is 50.9 Å². The second kappa shape index (κ2) is 2.58. The molecule has 0 bridgehead atoms. The molecule has 64 valence electrons. The first-order valence-electron chi connectivity index (χ1n) is 4.00. The Hall–Kier alpha value is -0.320. The molecular formula is C9H11IN2.